The largest absolute Gasteiger partial charge is 0.481 e. The Bertz CT molecular complexity index is 507. The highest BCUT2D eigenvalue weighted by molar-refractivity contribution is 5.71. The fourth-order valence-electron chi connectivity index (χ4n) is 2.38. The van der Waals surface area contributed by atoms with Gasteiger partial charge in [0.1, 0.15) is 17.6 Å². The van der Waals surface area contributed by atoms with Crippen LogP contribution in [0.2, 0.25) is 0 Å². The first kappa shape index (κ1) is 14.3. The molecule has 0 bridgehead atoms. The molecule has 1 aromatic heterocycles. The van der Waals surface area contributed by atoms with E-state index in [-0.39, 0.29) is 5.92 Å². The zero-order valence-corrected chi connectivity index (χ0v) is 11.1. The van der Waals surface area contributed by atoms with Crippen LogP contribution in [-0.4, -0.2) is 35.8 Å². The van der Waals surface area contributed by atoms with Crippen LogP contribution in [0.25, 0.3) is 0 Å². The van der Waals surface area contributed by atoms with Crippen LogP contribution in [0, 0.1) is 23.2 Å². The third-order valence-electron chi connectivity index (χ3n) is 3.52. The number of aliphatic carboxylic acids is 1. The lowest BCUT2D eigenvalue weighted by atomic mass is 9.86. The number of aromatic nitrogens is 1. The van der Waals surface area contributed by atoms with Crippen LogP contribution < -0.4 is 5.32 Å². The number of pyridine rings is 1. The van der Waals surface area contributed by atoms with Crippen LogP contribution in [-0.2, 0) is 9.53 Å². The molecule has 2 N–H and O–H groups in total. The monoisotopic (exact) mass is 275 g/mol. The summed E-state index contributed by atoms with van der Waals surface area (Å²) in [5.41, 5.74) is 0.313. The molecule has 0 aliphatic carbocycles. The molecule has 2 rings (SSSR count). The van der Waals surface area contributed by atoms with Crippen molar-refractivity contribution in [2.24, 2.45) is 11.8 Å². The van der Waals surface area contributed by atoms with Gasteiger partial charge in [-0.05, 0) is 30.9 Å². The number of hydrogen-bond donors (Lipinski definition) is 2. The predicted molar refractivity (Wildman–Crippen MR) is 72.1 cm³/mol. The molecule has 1 aromatic rings. The first-order valence-electron chi connectivity index (χ1n) is 6.62. The van der Waals surface area contributed by atoms with Gasteiger partial charge >= 0.3 is 5.97 Å². The number of carboxylic acids is 1. The van der Waals surface area contributed by atoms with Crippen molar-refractivity contribution in [1.82, 2.24) is 4.98 Å². The van der Waals surface area contributed by atoms with Crippen LogP contribution >= 0.6 is 0 Å². The Morgan fingerprint density at radius 2 is 2.30 bits per heavy atom. The summed E-state index contributed by atoms with van der Waals surface area (Å²) in [4.78, 5) is 15.5. The molecule has 1 aliphatic rings. The Kier molecular flexibility index (Phi) is 4.91. The maximum absolute atomic E-state index is 11.4. The van der Waals surface area contributed by atoms with Gasteiger partial charge in [0, 0.05) is 19.8 Å². The van der Waals surface area contributed by atoms with Gasteiger partial charge in [-0.25, -0.2) is 4.98 Å². The summed E-state index contributed by atoms with van der Waals surface area (Å²) < 4.78 is 5.26. The third-order valence-corrected chi connectivity index (χ3v) is 3.52. The second kappa shape index (κ2) is 6.87. The molecule has 1 fully saturated rings. The molecule has 0 spiro atoms. The normalized spacial score (nSPS) is 17.1. The highest BCUT2D eigenvalue weighted by Crippen LogP contribution is 2.24. The molecule has 0 aromatic carbocycles. The van der Waals surface area contributed by atoms with E-state index >= 15 is 0 Å². The maximum Gasteiger partial charge on any atom is 0.308 e. The summed E-state index contributed by atoms with van der Waals surface area (Å²) in [6.07, 6.45) is 1.54. The molecule has 2 heterocycles. The van der Waals surface area contributed by atoms with Crippen molar-refractivity contribution in [1.29, 1.82) is 5.26 Å². The minimum Gasteiger partial charge on any atom is -0.481 e. The Hall–Kier alpha value is -2.13. The van der Waals surface area contributed by atoms with E-state index in [1.165, 1.54) is 0 Å². The first-order valence-corrected chi connectivity index (χ1v) is 6.62. The molecular weight excluding hydrogens is 258 g/mol. The van der Waals surface area contributed by atoms with E-state index < -0.39 is 11.9 Å². The van der Waals surface area contributed by atoms with Crippen molar-refractivity contribution in [3.05, 3.63) is 23.9 Å². The SMILES string of the molecule is N#Cc1cccc(NCC(C(=O)O)C2CCOCC2)n1. The standard InChI is InChI=1S/C14H17N3O3/c15-8-11-2-1-3-13(17-11)16-9-12(14(18)19)10-4-6-20-7-5-10/h1-3,10,12H,4-7,9H2,(H,16,17)(H,18,19). The highest BCUT2D eigenvalue weighted by Gasteiger charge is 2.29. The summed E-state index contributed by atoms with van der Waals surface area (Å²) in [6, 6.07) is 7.01. The number of hydrogen-bond acceptors (Lipinski definition) is 5. The minimum absolute atomic E-state index is 0.118. The van der Waals surface area contributed by atoms with Crippen molar-refractivity contribution >= 4 is 11.8 Å². The van der Waals surface area contributed by atoms with Crippen molar-refractivity contribution < 1.29 is 14.6 Å². The summed E-state index contributed by atoms with van der Waals surface area (Å²) in [5, 5.41) is 21.1. The lowest BCUT2D eigenvalue weighted by Gasteiger charge is -2.27. The summed E-state index contributed by atoms with van der Waals surface area (Å²) in [6.45, 7) is 1.55. The van der Waals surface area contributed by atoms with Gasteiger partial charge in [-0.2, -0.15) is 5.26 Å². The van der Waals surface area contributed by atoms with Gasteiger partial charge in [0.05, 0.1) is 5.92 Å². The molecular formula is C14H17N3O3. The van der Waals surface area contributed by atoms with E-state index in [1.54, 1.807) is 18.2 Å². The van der Waals surface area contributed by atoms with E-state index in [9.17, 15) is 9.90 Å². The van der Waals surface area contributed by atoms with Gasteiger partial charge in [0.25, 0.3) is 0 Å². The van der Waals surface area contributed by atoms with Crippen molar-refractivity contribution in [3.63, 3.8) is 0 Å². The first-order chi connectivity index (χ1) is 9.70. The maximum atomic E-state index is 11.4. The van der Waals surface area contributed by atoms with Gasteiger partial charge in [0.2, 0.25) is 0 Å². The Morgan fingerprint density at radius 1 is 1.55 bits per heavy atom. The minimum atomic E-state index is -0.805. The molecule has 6 heteroatoms. The van der Waals surface area contributed by atoms with Gasteiger partial charge < -0.3 is 15.2 Å². The number of carbonyl (C=O) groups is 1. The van der Waals surface area contributed by atoms with Crippen LogP contribution in [0.1, 0.15) is 18.5 Å². The van der Waals surface area contributed by atoms with Gasteiger partial charge in [-0.15, -0.1) is 0 Å². The summed E-state index contributed by atoms with van der Waals surface area (Å²) in [7, 11) is 0. The Balaban J connectivity index is 1.98. The van der Waals surface area contributed by atoms with E-state index in [1.807, 2.05) is 6.07 Å². The summed E-state index contributed by atoms with van der Waals surface area (Å²) in [5.74, 6) is -0.623. The van der Waals surface area contributed by atoms with Crippen molar-refractivity contribution in [3.8, 4) is 6.07 Å². The number of ether oxygens (including phenoxy) is 1. The summed E-state index contributed by atoms with van der Waals surface area (Å²) >= 11 is 0. The van der Waals surface area contributed by atoms with Gasteiger partial charge in [0.15, 0.2) is 0 Å². The molecule has 106 valence electrons. The molecule has 1 atom stereocenters. The number of nitrogens with zero attached hydrogens (tertiary/aromatic N) is 2. The fourth-order valence-corrected chi connectivity index (χ4v) is 2.38. The number of carboxylic acid groups (broad SMARTS) is 1. The van der Waals surface area contributed by atoms with Crippen molar-refractivity contribution in [2.45, 2.75) is 12.8 Å². The molecule has 20 heavy (non-hydrogen) atoms. The molecule has 0 saturated carbocycles. The lowest BCUT2D eigenvalue weighted by molar-refractivity contribution is -0.144. The number of nitrogens with one attached hydrogen (secondary N) is 1. The number of nitriles is 1. The van der Waals surface area contributed by atoms with E-state index in [0.29, 0.717) is 31.3 Å². The smallest absolute Gasteiger partial charge is 0.308 e. The van der Waals surface area contributed by atoms with Gasteiger partial charge in [-0.3, -0.25) is 4.79 Å². The van der Waals surface area contributed by atoms with E-state index in [0.717, 1.165) is 12.8 Å². The second-order valence-corrected chi connectivity index (χ2v) is 4.80. The molecule has 6 nitrogen and oxygen atoms in total. The van der Waals surface area contributed by atoms with Gasteiger partial charge in [-0.1, -0.05) is 6.07 Å². The second-order valence-electron chi connectivity index (χ2n) is 4.80. The topological polar surface area (TPSA) is 95.2 Å². The average molecular weight is 275 g/mol. The third kappa shape index (κ3) is 3.68. The average Bonchev–Trinajstić information content (AvgIpc) is 2.48. The Morgan fingerprint density at radius 3 is 2.95 bits per heavy atom. The predicted octanol–water partition coefficient (Wildman–Crippen LogP) is 1.49. The molecule has 1 unspecified atom stereocenters. The fraction of sp³-hybridized carbons (Fsp3) is 0.500. The van der Waals surface area contributed by atoms with E-state index in [2.05, 4.69) is 10.3 Å². The van der Waals surface area contributed by atoms with Crippen LogP contribution in [0.3, 0.4) is 0 Å². The van der Waals surface area contributed by atoms with E-state index in [4.69, 9.17) is 10.00 Å². The Labute approximate surface area is 117 Å². The van der Waals surface area contributed by atoms with Crippen LogP contribution in [0.4, 0.5) is 5.82 Å². The van der Waals surface area contributed by atoms with Crippen LogP contribution in [0.15, 0.2) is 18.2 Å². The molecule has 1 aliphatic heterocycles. The highest BCUT2D eigenvalue weighted by atomic mass is 16.5. The van der Waals surface area contributed by atoms with Crippen LogP contribution in [0.5, 0.6) is 0 Å². The number of anilines is 1. The van der Waals surface area contributed by atoms with Crippen molar-refractivity contribution in [2.75, 3.05) is 25.1 Å². The quantitative estimate of drug-likeness (QED) is 0.845. The zero-order valence-electron chi connectivity index (χ0n) is 11.1. The zero-order chi connectivity index (χ0) is 14.4. The molecule has 1 saturated heterocycles. The lowest BCUT2D eigenvalue weighted by Crippen LogP contribution is -2.34. The molecule has 0 amide bonds. The number of rotatable bonds is 5. The molecule has 0 radical (unpaired) electrons.